The van der Waals surface area contributed by atoms with Gasteiger partial charge < -0.3 is 23.4 Å². The largest absolute Gasteiger partial charge is 0.493 e. The molecule has 0 N–H and O–H groups in total. The molecule has 0 aromatic heterocycles. The molecular formula is C23H32NO5P. The smallest absolute Gasteiger partial charge is 0.357 e. The van der Waals surface area contributed by atoms with E-state index >= 15 is 0 Å². The van der Waals surface area contributed by atoms with E-state index in [4.69, 9.17) is 18.5 Å². The molecule has 164 valence electrons. The van der Waals surface area contributed by atoms with Crippen LogP contribution in [-0.2, 0) is 20.0 Å². The summed E-state index contributed by atoms with van der Waals surface area (Å²) < 4.78 is 37.5. The molecule has 6 nitrogen and oxygen atoms in total. The predicted octanol–water partition coefficient (Wildman–Crippen LogP) is 5.81. The lowest BCUT2D eigenvalue weighted by molar-refractivity contribution is 0.135. The second kappa shape index (κ2) is 9.42. The molecule has 1 aliphatic rings. The normalized spacial score (nSPS) is 16.7. The molecule has 0 bridgehead atoms. The third-order valence-corrected chi connectivity index (χ3v) is 7.53. The molecule has 0 saturated heterocycles. The van der Waals surface area contributed by atoms with Gasteiger partial charge in [-0.2, -0.15) is 0 Å². The number of fused-ring (bicyclic) bond motifs is 1. The summed E-state index contributed by atoms with van der Waals surface area (Å²) in [6, 6.07) is 13.9. The van der Waals surface area contributed by atoms with Crippen LogP contribution in [0.15, 0.2) is 42.5 Å². The van der Waals surface area contributed by atoms with Gasteiger partial charge in [0.15, 0.2) is 17.3 Å². The molecule has 3 rings (SSSR count). The Kier molecular flexibility index (Phi) is 7.12. The molecule has 2 aromatic rings. The van der Waals surface area contributed by atoms with Gasteiger partial charge in [-0.15, -0.1) is 0 Å². The highest BCUT2D eigenvalue weighted by Gasteiger charge is 2.46. The quantitative estimate of drug-likeness (QED) is 0.490. The molecule has 7 heteroatoms. The molecule has 1 atom stereocenters. The Morgan fingerprint density at radius 3 is 2.03 bits per heavy atom. The van der Waals surface area contributed by atoms with Crippen LogP contribution >= 0.6 is 7.60 Å². The molecule has 0 radical (unpaired) electrons. The summed E-state index contributed by atoms with van der Waals surface area (Å²) >= 11 is 0. The molecule has 0 spiro atoms. The van der Waals surface area contributed by atoms with Crippen molar-refractivity contribution in [3.05, 3.63) is 53.6 Å². The van der Waals surface area contributed by atoms with Gasteiger partial charge in [0.2, 0.25) is 0 Å². The Hall–Kier alpha value is -2.01. The summed E-state index contributed by atoms with van der Waals surface area (Å²) in [6.07, 6.45) is 0.278. The Morgan fingerprint density at radius 2 is 1.50 bits per heavy atom. The van der Waals surface area contributed by atoms with Crippen molar-refractivity contribution in [3.63, 3.8) is 0 Å². The number of ether oxygens (including phenoxy) is 2. The lowest BCUT2D eigenvalue weighted by Crippen LogP contribution is -2.37. The third kappa shape index (κ3) is 4.66. The van der Waals surface area contributed by atoms with Gasteiger partial charge in [0.25, 0.3) is 0 Å². The van der Waals surface area contributed by atoms with Crippen LogP contribution in [-0.4, -0.2) is 33.0 Å². The van der Waals surface area contributed by atoms with Gasteiger partial charge in [-0.05, 0) is 69.5 Å². The van der Waals surface area contributed by atoms with Crippen LogP contribution in [0, 0.1) is 0 Å². The highest BCUT2D eigenvalue weighted by atomic mass is 31.2. The monoisotopic (exact) mass is 433 g/mol. The van der Waals surface area contributed by atoms with Gasteiger partial charge in [0.1, 0.15) is 0 Å². The average Bonchev–Trinajstić information content (AvgIpc) is 2.71. The first-order chi connectivity index (χ1) is 14.3. The van der Waals surface area contributed by atoms with Crippen molar-refractivity contribution >= 4 is 13.3 Å². The summed E-state index contributed by atoms with van der Waals surface area (Å²) in [5.41, 5.74) is 2.92. The van der Waals surface area contributed by atoms with Gasteiger partial charge in [-0.3, -0.25) is 4.57 Å². The zero-order valence-electron chi connectivity index (χ0n) is 18.6. The van der Waals surface area contributed by atoms with Crippen LogP contribution in [0.2, 0.25) is 0 Å². The summed E-state index contributed by atoms with van der Waals surface area (Å²) in [5.74, 6) is 0.664. The number of nitrogens with zero attached hydrogens (tertiary/aromatic N) is 1. The van der Waals surface area contributed by atoms with Gasteiger partial charge in [0, 0.05) is 12.2 Å². The van der Waals surface area contributed by atoms with Crippen LogP contribution in [0.25, 0.3) is 0 Å². The predicted molar refractivity (Wildman–Crippen MR) is 120 cm³/mol. The lowest BCUT2D eigenvalue weighted by Gasteiger charge is -2.42. The van der Waals surface area contributed by atoms with E-state index < -0.39 is 13.4 Å². The second-order valence-corrected chi connectivity index (χ2v) is 9.90. The fraction of sp³-hybridized carbons (Fsp3) is 0.478. The van der Waals surface area contributed by atoms with Crippen molar-refractivity contribution in [2.75, 3.05) is 25.7 Å². The molecule has 1 heterocycles. The second-order valence-electron chi connectivity index (χ2n) is 7.91. The van der Waals surface area contributed by atoms with Gasteiger partial charge in [0.05, 0.1) is 26.4 Å². The van der Waals surface area contributed by atoms with Crippen molar-refractivity contribution in [1.29, 1.82) is 0 Å². The minimum absolute atomic E-state index is 0.252. The third-order valence-electron chi connectivity index (χ3n) is 4.94. The van der Waals surface area contributed by atoms with E-state index in [1.165, 1.54) is 0 Å². The number of benzene rings is 2. The van der Waals surface area contributed by atoms with E-state index in [-0.39, 0.29) is 12.2 Å². The van der Waals surface area contributed by atoms with Crippen molar-refractivity contribution in [2.24, 2.45) is 0 Å². The molecule has 2 aromatic carbocycles. The van der Waals surface area contributed by atoms with Crippen LogP contribution in [0.4, 0.5) is 5.69 Å². The molecule has 0 amide bonds. The first-order valence-electron chi connectivity index (χ1n) is 10.3. The molecular weight excluding hydrogens is 401 g/mol. The Balaban J connectivity index is 2.22. The fourth-order valence-electron chi connectivity index (χ4n) is 3.88. The topological polar surface area (TPSA) is 57.2 Å². The van der Waals surface area contributed by atoms with Crippen LogP contribution in [0.1, 0.15) is 44.6 Å². The van der Waals surface area contributed by atoms with E-state index in [0.29, 0.717) is 18.0 Å². The van der Waals surface area contributed by atoms with E-state index in [9.17, 15) is 4.57 Å². The lowest BCUT2D eigenvalue weighted by atomic mass is 9.98. The van der Waals surface area contributed by atoms with Crippen LogP contribution < -0.4 is 14.4 Å². The molecule has 0 fully saturated rings. The van der Waals surface area contributed by atoms with E-state index in [1.54, 1.807) is 14.2 Å². The minimum atomic E-state index is -3.59. The number of rotatable bonds is 8. The zero-order valence-corrected chi connectivity index (χ0v) is 19.5. The summed E-state index contributed by atoms with van der Waals surface area (Å²) in [5, 5.41) is 0. The molecule has 0 saturated carbocycles. The van der Waals surface area contributed by atoms with Crippen molar-refractivity contribution in [3.8, 4) is 11.5 Å². The number of methoxy groups -OCH3 is 2. The molecule has 30 heavy (non-hydrogen) atoms. The Morgan fingerprint density at radius 1 is 0.933 bits per heavy atom. The molecule has 1 aliphatic heterocycles. The number of para-hydroxylation sites is 1. The standard InChI is InChI=1S/C23H32NO5P/c1-16(2)28-30(25,29-17(3)4)23-20-15-22(27-6)21(26-5)14-18(20)12-13-24(23)19-10-8-7-9-11-19/h7-11,14-17,23H,12-13H2,1-6H3. The Bertz CT molecular complexity index is 886. The fourth-order valence-corrected chi connectivity index (χ4v) is 6.51. The number of hydrogen-bond acceptors (Lipinski definition) is 6. The number of hydrogen-bond donors (Lipinski definition) is 0. The zero-order chi connectivity index (χ0) is 21.9. The highest BCUT2D eigenvalue weighted by molar-refractivity contribution is 7.54. The van der Waals surface area contributed by atoms with Crippen molar-refractivity contribution in [1.82, 2.24) is 0 Å². The SMILES string of the molecule is COc1cc2c(cc1OC)C(P(=O)(OC(C)C)OC(C)C)N(c1ccccc1)CC2. The maximum atomic E-state index is 14.3. The number of anilines is 1. The Labute approximate surface area is 179 Å². The highest BCUT2D eigenvalue weighted by Crippen LogP contribution is 2.66. The van der Waals surface area contributed by atoms with E-state index in [1.807, 2.05) is 70.2 Å². The maximum absolute atomic E-state index is 14.3. The van der Waals surface area contributed by atoms with Crippen molar-refractivity contribution < 1.29 is 23.1 Å². The first kappa shape index (κ1) is 22.7. The van der Waals surface area contributed by atoms with E-state index in [2.05, 4.69) is 4.90 Å². The summed E-state index contributed by atoms with van der Waals surface area (Å²) in [4.78, 5) is 2.12. The van der Waals surface area contributed by atoms with Gasteiger partial charge >= 0.3 is 7.60 Å². The van der Waals surface area contributed by atoms with Crippen LogP contribution in [0.5, 0.6) is 11.5 Å². The average molecular weight is 433 g/mol. The van der Waals surface area contributed by atoms with Gasteiger partial charge in [-0.1, -0.05) is 18.2 Å². The maximum Gasteiger partial charge on any atom is 0.357 e. The first-order valence-corrected chi connectivity index (χ1v) is 11.9. The van der Waals surface area contributed by atoms with Gasteiger partial charge in [-0.25, -0.2) is 0 Å². The molecule has 0 aliphatic carbocycles. The van der Waals surface area contributed by atoms with E-state index in [0.717, 1.165) is 23.2 Å². The minimum Gasteiger partial charge on any atom is -0.493 e. The molecule has 1 unspecified atom stereocenters. The van der Waals surface area contributed by atoms with Crippen LogP contribution in [0.3, 0.4) is 0 Å². The summed E-state index contributed by atoms with van der Waals surface area (Å²) in [7, 11) is -0.362. The summed E-state index contributed by atoms with van der Waals surface area (Å²) in [6.45, 7) is 8.19. The van der Waals surface area contributed by atoms with Crippen molar-refractivity contribution in [2.45, 2.75) is 52.1 Å².